The molecule has 1 aliphatic rings. The van der Waals surface area contributed by atoms with E-state index in [1.165, 1.54) is 0 Å². The average molecular weight is 317 g/mol. The number of rotatable bonds is 4. The summed E-state index contributed by atoms with van der Waals surface area (Å²) in [5, 5.41) is 12.8. The number of ether oxygens (including phenoxy) is 1. The van der Waals surface area contributed by atoms with Crippen LogP contribution in [0.4, 0.5) is 0 Å². The van der Waals surface area contributed by atoms with E-state index in [0.29, 0.717) is 25.8 Å². The van der Waals surface area contributed by atoms with Gasteiger partial charge in [-0.25, -0.2) is 4.98 Å². The van der Waals surface area contributed by atoms with Gasteiger partial charge in [-0.05, 0) is 37.8 Å². The van der Waals surface area contributed by atoms with Gasteiger partial charge in [0.25, 0.3) is 0 Å². The molecule has 1 fully saturated rings. The minimum atomic E-state index is -0.467. The minimum absolute atomic E-state index is 0.00716. The first-order valence-corrected chi connectivity index (χ1v) is 8.00. The molecule has 6 heteroatoms. The zero-order chi connectivity index (χ0) is 16.4. The fourth-order valence-electron chi connectivity index (χ4n) is 3.22. The van der Waals surface area contributed by atoms with Crippen LogP contribution in [0, 0.1) is 12.8 Å². The van der Waals surface area contributed by atoms with Crippen LogP contribution in [0.1, 0.15) is 30.5 Å². The summed E-state index contributed by atoms with van der Waals surface area (Å²) in [6, 6.07) is 3.99. The van der Waals surface area contributed by atoms with E-state index in [2.05, 4.69) is 10.3 Å². The monoisotopic (exact) mass is 317 g/mol. The van der Waals surface area contributed by atoms with Gasteiger partial charge in [0.1, 0.15) is 5.65 Å². The summed E-state index contributed by atoms with van der Waals surface area (Å²) in [5.74, 6) is -0.102. The maximum atomic E-state index is 12.3. The van der Waals surface area contributed by atoms with Crippen LogP contribution >= 0.6 is 0 Å². The summed E-state index contributed by atoms with van der Waals surface area (Å²) in [5.41, 5.74) is 2.86. The van der Waals surface area contributed by atoms with Crippen LogP contribution in [-0.2, 0) is 16.1 Å². The Bertz CT molecular complexity index is 697. The van der Waals surface area contributed by atoms with Gasteiger partial charge in [0.2, 0.25) is 5.91 Å². The van der Waals surface area contributed by atoms with E-state index >= 15 is 0 Å². The fourth-order valence-corrected chi connectivity index (χ4v) is 3.22. The highest BCUT2D eigenvalue weighted by atomic mass is 16.5. The molecule has 1 saturated carbocycles. The van der Waals surface area contributed by atoms with Crippen LogP contribution in [0.5, 0.6) is 0 Å². The van der Waals surface area contributed by atoms with Gasteiger partial charge in [-0.1, -0.05) is 6.07 Å². The first kappa shape index (κ1) is 16.0. The normalized spacial score (nSPS) is 24.7. The maximum absolute atomic E-state index is 12.3. The van der Waals surface area contributed by atoms with Gasteiger partial charge in [0.05, 0.1) is 24.4 Å². The number of methoxy groups -OCH3 is 1. The third kappa shape index (κ3) is 3.38. The summed E-state index contributed by atoms with van der Waals surface area (Å²) in [7, 11) is 1.58. The molecule has 1 amide bonds. The van der Waals surface area contributed by atoms with Crippen molar-refractivity contribution in [3.05, 3.63) is 35.8 Å². The second-order valence-corrected chi connectivity index (χ2v) is 6.22. The van der Waals surface area contributed by atoms with Crippen molar-refractivity contribution >= 4 is 11.6 Å². The van der Waals surface area contributed by atoms with Crippen molar-refractivity contribution in [3.8, 4) is 0 Å². The third-order valence-electron chi connectivity index (χ3n) is 4.60. The number of amides is 1. The van der Waals surface area contributed by atoms with Crippen LogP contribution in [0.3, 0.4) is 0 Å². The molecular weight excluding hydrogens is 294 g/mol. The molecule has 0 unspecified atom stereocenters. The zero-order valence-electron chi connectivity index (χ0n) is 13.5. The summed E-state index contributed by atoms with van der Waals surface area (Å²) >= 11 is 0. The summed E-state index contributed by atoms with van der Waals surface area (Å²) < 4.78 is 7.22. The van der Waals surface area contributed by atoms with Crippen molar-refractivity contribution in [2.75, 3.05) is 7.11 Å². The molecule has 3 rings (SSSR count). The Morgan fingerprint density at radius 2 is 2.35 bits per heavy atom. The number of aryl methyl sites for hydroxylation is 1. The number of carbonyl (C=O) groups excluding carboxylic acids is 1. The molecule has 2 heterocycles. The molecular formula is C17H23N3O3. The van der Waals surface area contributed by atoms with Crippen LogP contribution in [-0.4, -0.2) is 39.7 Å². The highest BCUT2D eigenvalue weighted by Gasteiger charge is 2.32. The number of nitrogens with zero attached hydrogens (tertiary/aromatic N) is 2. The van der Waals surface area contributed by atoms with Crippen LogP contribution < -0.4 is 5.32 Å². The lowest BCUT2D eigenvalue weighted by Crippen LogP contribution is -2.41. The molecule has 0 bridgehead atoms. The molecule has 6 nitrogen and oxygen atoms in total. The van der Waals surface area contributed by atoms with Gasteiger partial charge >= 0.3 is 0 Å². The predicted octanol–water partition coefficient (Wildman–Crippen LogP) is 1.43. The van der Waals surface area contributed by atoms with E-state index in [0.717, 1.165) is 16.9 Å². The second kappa shape index (κ2) is 6.68. The molecule has 1 aliphatic carbocycles. The Morgan fingerprint density at radius 3 is 3.09 bits per heavy atom. The van der Waals surface area contributed by atoms with E-state index in [4.69, 9.17) is 4.74 Å². The lowest BCUT2D eigenvalue weighted by Gasteiger charge is -2.31. The Labute approximate surface area is 135 Å². The van der Waals surface area contributed by atoms with Gasteiger partial charge in [-0.3, -0.25) is 4.79 Å². The minimum Gasteiger partial charge on any atom is -0.390 e. The van der Waals surface area contributed by atoms with E-state index < -0.39 is 6.10 Å². The summed E-state index contributed by atoms with van der Waals surface area (Å²) in [6.07, 6.45) is 5.02. The van der Waals surface area contributed by atoms with Crippen molar-refractivity contribution in [3.63, 3.8) is 0 Å². The topological polar surface area (TPSA) is 75.9 Å². The molecule has 0 spiro atoms. The Hall–Kier alpha value is -1.92. The quantitative estimate of drug-likeness (QED) is 0.894. The molecule has 23 heavy (non-hydrogen) atoms. The molecule has 3 atom stereocenters. The summed E-state index contributed by atoms with van der Waals surface area (Å²) in [6.45, 7) is 2.43. The molecule has 0 aromatic carbocycles. The molecule has 2 aromatic rings. The van der Waals surface area contributed by atoms with E-state index in [1.54, 1.807) is 7.11 Å². The highest BCUT2D eigenvalue weighted by Crippen LogP contribution is 2.26. The van der Waals surface area contributed by atoms with Crippen LogP contribution in [0.15, 0.2) is 24.5 Å². The van der Waals surface area contributed by atoms with Gasteiger partial charge < -0.3 is 19.6 Å². The van der Waals surface area contributed by atoms with Crippen molar-refractivity contribution in [1.82, 2.24) is 14.7 Å². The smallest absolute Gasteiger partial charge is 0.223 e. The van der Waals surface area contributed by atoms with Gasteiger partial charge in [0, 0.05) is 25.4 Å². The number of aliphatic hydroxyl groups excluding tert-OH is 1. The van der Waals surface area contributed by atoms with Gasteiger partial charge in [0.15, 0.2) is 0 Å². The Morgan fingerprint density at radius 1 is 1.52 bits per heavy atom. The van der Waals surface area contributed by atoms with E-state index in [9.17, 15) is 9.90 Å². The van der Waals surface area contributed by atoms with Crippen LogP contribution in [0.25, 0.3) is 5.65 Å². The number of aromatic nitrogens is 2. The van der Waals surface area contributed by atoms with Crippen molar-refractivity contribution in [2.45, 2.75) is 44.9 Å². The van der Waals surface area contributed by atoms with E-state index in [1.807, 2.05) is 35.9 Å². The van der Waals surface area contributed by atoms with Gasteiger partial charge in [-0.2, -0.15) is 0 Å². The third-order valence-corrected chi connectivity index (χ3v) is 4.60. The highest BCUT2D eigenvalue weighted by molar-refractivity contribution is 5.78. The number of imidazole rings is 1. The molecule has 2 aromatic heterocycles. The molecule has 0 aliphatic heterocycles. The fraction of sp³-hybridized carbons (Fsp3) is 0.529. The Balaban J connectivity index is 1.61. The number of carbonyl (C=O) groups is 1. The molecule has 2 N–H and O–H groups in total. The number of pyridine rings is 1. The van der Waals surface area contributed by atoms with Crippen molar-refractivity contribution in [1.29, 1.82) is 0 Å². The summed E-state index contributed by atoms with van der Waals surface area (Å²) in [4.78, 5) is 16.9. The average Bonchev–Trinajstić information content (AvgIpc) is 2.97. The maximum Gasteiger partial charge on any atom is 0.223 e. The number of fused-ring (bicyclic) bond motifs is 1. The number of hydrogen-bond acceptors (Lipinski definition) is 4. The number of aliphatic hydroxyl groups is 1. The Kier molecular flexibility index (Phi) is 4.63. The lowest BCUT2D eigenvalue weighted by molar-refractivity contribution is -0.130. The standard InChI is InChI=1S/C17H23N3O3/c1-11-4-3-7-20-10-13(19-16(11)20)9-18-17(22)12-5-6-14(21)15(8-12)23-2/h3-4,7,10,12,14-15,21H,5-6,8-9H2,1-2H3,(H,18,22)/t12-,14+,15-/m1/s1. The first-order chi connectivity index (χ1) is 11.1. The van der Waals surface area contributed by atoms with Gasteiger partial charge in [-0.15, -0.1) is 0 Å². The largest absolute Gasteiger partial charge is 0.390 e. The predicted molar refractivity (Wildman–Crippen MR) is 85.9 cm³/mol. The van der Waals surface area contributed by atoms with E-state index in [-0.39, 0.29) is 17.9 Å². The van der Waals surface area contributed by atoms with Crippen molar-refractivity contribution < 1.29 is 14.6 Å². The van der Waals surface area contributed by atoms with Crippen molar-refractivity contribution in [2.24, 2.45) is 5.92 Å². The molecule has 124 valence electrons. The number of hydrogen-bond donors (Lipinski definition) is 2. The number of nitrogens with one attached hydrogen (secondary N) is 1. The SMILES string of the molecule is CO[C@@H]1C[C@H](C(=O)NCc2cn3cccc(C)c3n2)CC[C@@H]1O. The second-order valence-electron chi connectivity index (χ2n) is 6.22. The molecule has 0 saturated heterocycles. The van der Waals surface area contributed by atoms with Crippen LogP contribution in [0.2, 0.25) is 0 Å². The lowest BCUT2D eigenvalue weighted by atomic mass is 9.84. The first-order valence-electron chi connectivity index (χ1n) is 8.00. The molecule has 0 radical (unpaired) electrons. The zero-order valence-corrected chi connectivity index (χ0v) is 13.5.